The number of carbonyl (C=O) groups is 1. The first kappa shape index (κ1) is 14.0. The third-order valence-electron chi connectivity index (χ3n) is 3.21. The van der Waals surface area contributed by atoms with Crippen LogP contribution in [0.15, 0.2) is 17.8 Å². The molecule has 1 heterocycles. The lowest BCUT2D eigenvalue weighted by Gasteiger charge is -2.13. The molecule has 0 radical (unpaired) electrons. The molecule has 1 aliphatic carbocycles. The smallest absolute Gasteiger partial charge is 0.233 e. The molecule has 1 aliphatic rings. The Labute approximate surface area is 117 Å². The molecule has 1 fully saturated rings. The van der Waals surface area contributed by atoms with Gasteiger partial charge in [-0.3, -0.25) is 4.79 Å². The van der Waals surface area contributed by atoms with E-state index in [1.807, 2.05) is 11.6 Å². The van der Waals surface area contributed by atoms with Crippen LogP contribution in [-0.2, 0) is 4.79 Å². The van der Waals surface area contributed by atoms with Gasteiger partial charge in [-0.25, -0.2) is 4.68 Å². The summed E-state index contributed by atoms with van der Waals surface area (Å²) in [5.74, 6) is -0.0223. The van der Waals surface area contributed by atoms with Crippen LogP contribution >= 0.6 is 11.8 Å². The molecule has 0 spiro atoms. The number of nitrogens with one attached hydrogen (secondary N) is 1. The van der Waals surface area contributed by atoms with Gasteiger partial charge in [0.1, 0.15) is 0 Å². The molecule has 19 heavy (non-hydrogen) atoms. The summed E-state index contributed by atoms with van der Waals surface area (Å²) in [4.78, 5) is 11.8. The third kappa shape index (κ3) is 3.56. The summed E-state index contributed by atoms with van der Waals surface area (Å²) in [5.41, 5.74) is 0. The van der Waals surface area contributed by atoms with E-state index in [2.05, 4.69) is 27.4 Å². The molecule has 1 aromatic rings. The predicted molar refractivity (Wildman–Crippen MR) is 73.8 cm³/mol. The van der Waals surface area contributed by atoms with Gasteiger partial charge in [0, 0.05) is 6.54 Å². The maximum atomic E-state index is 11.8. The van der Waals surface area contributed by atoms with Crippen LogP contribution in [0.2, 0.25) is 0 Å². The van der Waals surface area contributed by atoms with Gasteiger partial charge in [0.2, 0.25) is 11.1 Å². The SMILES string of the molecule is C=CCNC(=O)C(C)Sc1nnnn1C1CCCC1. The van der Waals surface area contributed by atoms with Gasteiger partial charge in [0.25, 0.3) is 0 Å². The van der Waals surface area contributed by atoms with E-state index in [9.17, 15) is 4.79 Å². The summed E-state index contributed by atoms with van der Waals surface area (Å²) in [6.07, 6.45) is 6.36. The van der Waals surface area contributed by atoms with E-state index in [0.717, 1.165) is 18.0 Å². The number of hydrogen-bond acceptors (Lipinski definition) is 5. The zero-order valence-electron chi connectivity index (χ0n) is 11.1. The van der Waals surface area contributed by atoms with Crippen LogP contribution in [0, 0.1) is 0 Å². The standard InChI is InChI=1S/C12H19N5OS/c1-3-8-13-11(18)9(2)19-12-14-15-16-17(12)10-6-4-5-7-10/h3,9-10H,1,4-8H2,2H3,(H,13,18). The minimum atomic E-state index is -0.217. The summed E-state index contributed by atoms with van der Waals surface area (Å²) in [5, 5.41) is 15.1. The van der Waals surface area contributed by atoms with Crippen LogP contribution in [-0.4, -0.2) is 37.9 Å². The normalized spacial score (nSPS) is 17.3. The quantitative estimate of drug-likeness (QED) is 0.633. The van der Waals surface area contributed by atoms with Crippen LogP contribution in [0.25, 0.3) is 0 Å². The second-order valence-electron chi connectivity index (χ2n) is 4.64. The monoisotopic (exact) mass is 281 g/mol. The van der Waals surface area contributed by atoms with E-state index in [1.54, 1.807) is 6.08 Å². The van der Waals surface area contributed by atoms with Crippen molar-refractivity contribution in [2.24, 2.45) is 0 Å². The van der Waals surface area contributed by atoms with E-state index >= 15 is 0 Å². The Hall–Kier alpha value is -1.37. The van der Waals surface area contributed by atoms with E-state index < -0.39 is 0 Å². The zero-order valence-corrected chi connectivity index (χ0v) is 11.9. The molecule has 1 amide bonds. The number of tetrazole rings is 1. The Bertz CT molecular complexity index is 441. The van der Waals surface area contributed by atoms with Gasteiger partial charge < -0.3 is 5.32 Å². The maximum Gasteiger partial charge on any atom is 0.233 e. The number of rotatable bonds is 6. The zero-order chi connectivity index (χ0) is 13.7. The van der Waals surface area contributed by atoms with Crippen molar-refractivity contribution in [3.63, 3.8) is 0 Å². The highest BCUT2D eigenvalue weighted by Crippen LogP contribution is 2.32. The highest BCUT2D eigenvalue weighted by atomic mass is 32.2. The molecular formula is C12H19N5OS. The Balaban J connectivity index is 1.96. The first-order chi connectivity index (χ1) is 9.22. The van der Waals surface area contributed by atoms with Crippen molar-refractivity contribution in [2.75, 3.05) is 6.54 Å². The van der Waals surface area contributed by atoms with Gasteiger partial charge in [-0.05, 0) is 30.2 Å². The van der Waals surface area contributed by atoms with E-state index in [1.165, 1.54) is 24.6 Å². The molecule has 1 aromatic heterocycles. The lowest BCUT2D eigenvalue weighted by atomic mass is 10.3. The molecule has 2 rings (SSSR count). The average Bonchev–Trinajstić information content (AvgIpc) is 3.05. The van der Waals surface area contributed by atoms with Crippen molar-refractivity contribution in [1.82, 2.24) is 25.5 Å². The van der Waals surface area contributed by atoms with Crippen LogP contribution in [0.1, 0.15) is 38.6 Å². The van der Waals surface area contributed by atoms with Crippen LogP contribution in [0.5, 0.6) is 0 Å². The number of amides is 1. The Morgan fingerprint density at radius 1 is 1.63 bits per heavy atom. The molecule has 0 bridgehead atoms. The van der Waals surface area contributed by atoms with Crippen molar-refractivity contribution >= 4 is 17.7 Å². The van der Waals surface area contributed by atoms with E-state index in [4.69, 9.17) is 0 Å². The summed E-state index contributed by atoms with van der Waals surface area (Å²) in [6.45, 7) is 5.92. The molecule has 6 nitrogen and oxygen atoms in total. The van der Waals surface area contributed by atoms with Gasteiger partial charge in [0.05, 0.1) is 11.3 Å². The Morgan fingerprint density at radius 3 is 3.05 bits per heavy atom. The summed E-state index contributed by atoms with van der Waals surface area (Å²) < 4.78 is 1.87. The highest BCUT2D eigenvalue weighted by molar-refractivity contribution is 8.00. The Morgan fingerprint density at radius 2 is 2.37 bits per heavy atom. The number of hydrogen-bond donors (Lipinski definition) is 1. The maximum absolute atomic E-state index is 11.8. The number of thioether (sulfide) groups is 1. The van der Waals surface area contributed by atoms with Gasteiger partial charge in [-0.2, -0.15) is 0 Å². The fourth-order valence-corrected chi connectivity index (χ4v) is 3.05. The minimum Gasteiger partial charge on any atom is -0.352 e. The number of aromatic nitrogens is 4. The third-order valence-corrected chi connectivity index (χ3v) is 4.25. The lowest BCUT2D eigenvalue weighted by Crippen LogP contribution is -2.31. The van der Waals surface area contributed by atoms with Crippen LogP contribution in [0.3, 0.4) is 0 Å². The molecule has 1 atom stereocenters. The molecule has 1 N–H and O–H groups in total. The molecule has 1 unspecified atom stereocenters. The van der Waals surface area contributed by atoms with Crippen LogP contribution in [0.4, 0.5) is 0 Å². The highest BCUT2D eigenvalue weighted by Gasteiger charge is 2.24. The summed E-state index contributed by atoms with van der Waals surface area (Å²) >= 11 is 1.40. The van der Waals surface area contributed by atoms with Crippen LogP contribution < -0.4 is 5.32 Å². The van der Waals surface area contributed by atoms with Crippen molar-refractivity contribution < 1.29 is 4.79 Å². The molecule has 104 valence electrons. The minimum absolute atomic E-state index is 0.0223. The largest absolute Gasteiger partial charge is 0.352 e. The summed E-state index contributed by atoms with van der Waals surface area (Å²) in [7, 11) is 0. The van der Waals surface area contributed by atoms with Gasteiger partial charge in [-0.1, -0.05) is 30.7 Å². The molecular weight excluding hydrogens is 262 g/mol. The average molecular weight is 281 g/mol. The van der Waals surface area contributed by atoms with E-state index in [-0.39, 0.29) is 11.2 Å². The van der Waals surface area contributed by atoms with E-state index in [0.29, 0.717) is 12.6 Å². The molecule has 0 aromatic carbocycles. The Kier molecular flexibility index (Phi) is 4.95. The van der Waals surface area contributed by atoms with Gasteiger partial charge in [-0.15, -0.1) is 11.7 Å². The topological polar surface area (TPSA) is 72.7 Å². The van der Waals surface area contributed by atoms with Crippen molar-refractivity contribution in [3.05, 3.63) is 12.7 Å². The number of nitrogens with zero attached hydrogens (tertiary/aromatic N) is 4. The predicted octanol–water partition coefficient (Wildman–Crippen LogP) is 1.57. The lowest BCUT2D eigenvalue weighted by molar-refractivity contribution is -0.120. The number of carbonyl (C=O) groups excluding carboxylic acids is 1. The van der Waals surface area contributed by atoms with Crippen molar-refractivity contribution in [3.8, 4) is 0 Å². The second kappa shape index (κ2) is 6.70. The van der Waals surface area contributed by atoms with Gasteiger partial charge in [0.15, 0.2) is 0 Å². The molecule has 7 heteroatoms. The fourth-order valence-electron chi connectivity index (χ4n) is 2.17. The second-order valence-corrected chi connectivity index (χ2v) is 5.95. The molecule has 0 aliphatic heterocycles. The molecule has 1 saturated carbocycles. The van der Waals surface area contributed by atoms with Crippen molar-refractivity contribution in [1.29, 1.82) is 0 Å². The molecule has 0 saturated heterocycles. The first-order valence-electron chi connectivity index (χ1n) is 6.55. The van der Waals surface area contributed by atoms with Gasteiger partial charge >= 0.3 is 0 Å². The fraction of sp³-hybridized carbons (Fsp3) is 0.667. The first-order valence-corrected chi connectivity index (χ1v) is 7.43. The summed E-state index contributed by atoms with van der Waals surface area (Å²) in [6, 6.07) is 0.390. The van der Waals surface area contributed by atoms with Crippen molar-refractivity contribution in [2.45, 2.75) is 49.1 Å².